The molecule has 0 aliphatic heterocycles. The fourth-order valence-corrected chi connectivity index (χ4v) is 26.3. The lowest BCUT2D eigenvalue weighted by molar-refractivity contribution is 1.22. The van der Waals surface area contributed by atoms with Crippen LogP contribution in [-0.4, -0.2) is 57.5 Å². The van der Waals surface area contributed by atoms with Gasteiger partial charge in [-0.15, -0.1) is 0 Å². The fourth-order valence-electron chi connectivity index (χ4n) is 26.3. The smallest absolute Gasteiger partial charge is 0.146 e. The van der Waals surface area contributed by atoms with E-state index in [1.54, 1.807) is 0 Å². The Morgan fingerprint density at radius 3 is 0.986 bits per heavy atom. The highest BCUT2D eigenvalue weighted by molar-refractivity contribution is 6.21. The van der Waals surface area contributed by atoms with Gasteiger partial charge in [0.05, 0.1) is 88.3 Å². The third-order valence-corrected chi connectivity index (χ3v) is 32.2. The fraction of sp³-hybridized carbons (Fsp3) is 0.0625. The molecule has 0 radical (unpaired) electrons. The number of rotatable bonds is 0. The minimum atomic E-state index is 0.925. The number of fused-ring (bicyclic) bond motifs is 60. The largest absolute Gasteiger partial charge is 0.290 e. The molecule has 0 bridgehead atoms. The van der Waals surface area contributed by atoms with Crippen molar-refractivity contribution in [2.75, 3.05) is 0 Å². The van der Waals surface area contributed by atoms with Crippen molar-refractivity contribution in [3.8, 4) is 89.0 Å². The monoisotopic (exact) mass is 1780 g/mol. The minimum absolute atomic E-state index is 0.925. The zero-order valence-electron chi connectivity index (χ0n) is 75.7. The molecule has 12 heteroatoms. The molecule has 12 aromatic heterocycles. The Labute approximate surface area is 799 Å². The molecule has 8 aliphatic rings. The Balaban J connectivity index is 0.0000000829. The second kappa shape index (κ2) is 27.9. The second-order valence-electron chi connectivity index (χ2n) is 39.3. The van der Waals surface area contributed by atoms with Gasteiger partial charge in [0.2, 0.25) is 0 Å². The van der Waals surface area contributed by atoms with E-state index in [4.69, 9.17) is 39.9 Å². The topological polar surface area (TPSA) is 121 Å². The maximum atomic E-state index is 5.18. The molecule has 0 saturated carbocycles. The molecule has 0 spiro atoms. The lowest BCUT2D eigenvalue weighted by atomic mass is 9.93. The van der Waals surface area contributed by atoms with Crippen LogP contribution in [0, 0.1) is 0 Å². The summed E-state index contributed by atoms with van der Waals surface area (Å²) < 4.78 is 9.17. The first-order chi connectivity index (χ1) is 69.4. The Kier molecular flexibility index (Phi) is 15.0. The first kappa shape index (κ1) is 75.3. The van der Waals surface area contributed by atoms with Crippen LogP contribution in [0.1, 0.15) is 89.0 Å². The standard InChI is InChI=1S/4C32H19N3/c1-2-7-21-18(6-1)16-19-11-12-20-17-24-22(29(20)28(19)21)13-14-23-30(24)32-34-25-8-3-4-9-26(25)35(32)27-10-5-15-33-31(23)27;1-2-7-21-18(6-1)14-19-15-20-16-26-22(25(20)17-24(19)21)11-12-23-30(26)32-34-27-8-3-4-9-28(27)35(32)29-10-5-13-33-31(23)29;1-2-7-21-18(6-1)14-19-11-12-22-23-17-25-26(16-20(23)15-24(22)30(19)21)32-34-27-8-3-4-9-28(27)35(32)29-10-5-13-33-31(25)29;1-2-7-22-18(6-1)12-19-15-24-20(14-23(19)22)13-21-16-27-26(17-25(21)24)31-30(10-5-11-33-31)35-29-9-4-3-8-28(29)34-32(27)35/h1-15H,16-17H2;1-13,15,17H,14,16H2;1-13,16-17H,14-15H2;1-11,14-17H,12-13H2. The van der Waals surface area contributed by atoms with Gasteiger partial charge in [-0.1, -0.05) is 200 Å². The van der Waals surface area contributed by atoms with E-state index in [9.17, 15) is 0 Å². The van der Waals surface area contributed by atoms with Gasteiger partial charge in [-0.2, -0.15) is 0 Å². The Morgan fingerprint density at radius 1 is 0.164 bits per heavy atom. The molecule has 0 atom stereocenters. The molecule has 0 saturated heterocycles. The summed E-state index contributed by atoms with van der Waals surface area (Å²) in [5.41, 5.74) is 66.2. The first-order valence-electron chi connectivity index (χ1n) is 48.8. The summed E-state index contributed by atoms with van der Waals surface area (Å²) in [5, 5.41) is 9.56. The highest BCUT2D eigenvalue weighted by Gasteiger charge is 2.36. The number of para-hydroxylation sites is 8. The molecule has 0 amide bonds. The number of benzene rings is 16. The Hall–Kier alpha value is -18.0. The van der Waals surface area contributed by atoms with Gasteiger partial charge >= 0.3 is 0 Å². The summed E-state index contributed by atoms with van der Waals surface area (Å²) in [5.74, 6) is 0. The van der Waals surface area contributed by atoms with Crippen molar-refractivity contribution in [2.45, 2.75) is 51.4 Å². The molecule has 0 N–H and O–H groups in total. The first-order valence-corrected chi connectivity index (χ1v) is 48.8. The molecule has 12 nitrogen and oxygen atoms in total. The second-order valence-corrected chi connectivity index (χ2v) is 39.3. The third-order valence-electron chi connectivity index (χ3n) is 32.2. The van der Waals surface area contributed by atoms with Gasteiger partial charge in [-0.05, 0) is 369 Å². The average molecular weight is 1780 g/mol. The maximum absolute atomic E-state index is 5.18. The van der Waals surface area contributed by atoms with Crippen molar-refractivity contribution < 1.29 is 0 Å². The SMILES string of the molecule is c1ccc2c(c1)Cc1cc3c(cc1-2)-c1ccc2c4ncccc4n4c5ccccc5nc4c2c1C3.c1ccc2c(c1)Cc1cc3c(cc1-2)Cc1cc2c(cc1-3)c1ncccc1n1c3ccccc3nc21.c1ccc2c(c1)Cc1ccc3c(c1-2)-c1ccc2c4ncccc4n4c5ccccc5nc4c2c1C3.c1ccc2c(c1)Cc1ccc3c(c1-2)Cc1cc2c(cc1-3)c1ncccc1n1c3ccccc3nc21. The summed E-state index contributed by atoms with van der Waals surface area (Å²) in [6, 6.07) is 124. The van der Waals surface area contributed by atoms with Crippen molar-refractivity contribution in [2.24, 2.45) is 0 Å². The quantitative estimate of drug-likeness (QED) is 0.138. The highest BCUT2D eigenvalue weighted by Crippen LogP contribution is 2.56. The highest BCUT2D eigenvalue weighted by atomic mass is 15.1. The van der Waals surface area contributed by atoms with E-state index in [0.29, 0.717) is 0 Å². The van der Waals surface area contributed by atoms with E-state index in [1.807, 2.05) is 49.1 Å². The van der Waals surface area contributed by atoms with Crippen LogP contribution in [0.15, 0.2) is 365 Å². The van der Waals surface area contributed by atoms with Crippen LogP contribution in [0.3, 0.4) is 0 Å². The molecule has 36 rings (SSSR count). The molecule has 8 aliphatic carbocycles. The maximum Gasteiger partial charge on any atom is 0.146 e. The predicted octanol–water partition coefficient (Wildman–Crippen LogP) is 29.3. The van der Waals surface area contributed by atoms with Gasteiger partial charge in [-0.3, -0.25) is 37.5 Å². The van der Waals surface area contributed by atoms with Gasteiger partial charge in [0, 0.05) is 67.9 Å². The van der Waals surface area contributed by atoms with Crippen LogP contribution in [0.25, 0.3) is 243 Å². The Morgan fingerprint density at radius 2 is 0.464 bits per heavy atom. The summed E-state index contributed by atoms with van der Waals surface area (Å²) >= 11 is 0. The van der Waals surface area contributed by atoms with E-state index in [-0.39, 0.29) is 0 Å². The molecule has 0 unspecified atom stereocenters. The Bertz CT molecular complexity index is 10700. The number of hydrogen-bond donors (Lipinski definition) is 0. The number of aromatic nitrogens is 12. The number of pyridine rings is 8. The van der Waals surface area contributed by atoms with Crippen LogP contribution in [-0.2, 0) is 51.4 Å². The summed E-state index contributed by atoms with van der Waals surface area (Å²) in [6.45, 7) is 0. The minimum Gasteiger partial charge on any atom is -0.290 e. The number of hydrogen-bond acceptors (Lipinski definition) is 8. The normalized spacial score (nSPS) is 13.5. The van der Waals surface area contributed by atoms with Crippen LogP contribution >= 0.6 is 0 Å². The lowest BCUT2D eigenvalue weighted by Gasteiger charge is -2.13. The van der Waals surface area contributed by atoms with Crippen molar-refractivity contribution in [1.29, 1.82) is 0 Å². The molecule has 16 aromatic carbocycles. The van der Waals surface area contributed by atoms with Gasteiger partial charge in [-0.25, -0.2) is 19.9 Å². The summed E-state index contributed by atoms with van der Waals surface area (Å²) in [7, 11) is 0. The van der Waals surface area contributed by atoms with Crippen molar-refractivity contribution in [1.82, 2.24) is 57.5 Å². The van der Waals surface area contributed by atoms with E-state index in [1.165, 1.54) is 221 Å². The van der Waals surface area contributed by atoms with Crippen LogP contribution in [0.4, 0.5) is 0 Å². The van der Waals surface area contributed by atoms with Crippen molar-refractivity contribution in [3.63, 3.8) is 0 Å². The molecule has 0 fully saturated rings. The van der Waals surface area contributed by atoms with E-state index >= 15 is 0 Å². The number of nitrogens with zero attached hydrogens (tertiary/aromatic N) is 12. The molecular formula is C128H76N12. The lowest BCUT2D eigenvalue weighted by Crippen LogP contribution is -1.96. The molecule has 12 heterocycles. The third kappa shape index (κ3) is 10.3. The van der Waals surface area contributed by atoms with Crippen LogP contribution in [0.2, 0.25) is 0 Å². The summed E-state index contributed by atoms with van der Waals surface area (Å²) in [4.78, 5) is 39.9. The van der Waals surface area contributed by atoms with Crippen LogP contribution in [0.5, 0.6) is 0 Å². The zero-order chi connectivity index (χ0) is 90.7. The average Bonchev–Trinajstić information content (AvgIpc) is 1.55. The van der Waals surface area contributed by atoms with Crippen molar-refractivity contribution >= 4 is 154 Å². The van der Waals surface area contributed by atoms with Gasteiger partial charge in [0.15, 0.2) is 0 Å². The van der Waals surface area contributed by atoms with E-state index in [2.05, 4.69) is 333 Å². The van der Waals surface area contributed by atoms with Gasteiger partial charge < -0.3 is 0 Å². The zero-order valence-corrected chi connectivity index (χ0v) is 75.7. The van der Waals surface area contributed by atoms with Crippen molar-refractivity contribution in [3.05, 3.63) is 454 Å². The molecule has 140 heavy (non-hydrogen) atoms. The molecular weight excluding hydrogens is 1710 g/mol. The summed E-state index contributed by atoms with van der Waals surface area (Å²) in [6.07, 6.45) is 15.5. The van der Waals surface area contributed by atoms with E-state index < -0.39 is 0 Å². The van der Waals surface area contributed by atoms with Gasteiger partial charge in [0.1, 0.15) is 22.6 Å². The molecule has 648 valence electrons. The molecule has 28 aromatic rings. The predicted molar refractivity (Wildman–Crippen MR) is 568 cm³/mol. The number of imidazole rings is 4. The van der Waals surface area contributed by atoms with Crippen LogP contribution < -0.4 is 0 Å². The van der Waals surface area contributed by atoms with Gasteiger partial charge in [0.25, 0.3) is 0 Å². The van der Waals surface area contributed by atoms with E-state index in [0.717, 1.165) is 162 Å².